The standard InChI is InChI=1S/C12H14N2O2/c1-7-3-9(11(14)5-12(15)16)4-10(6-13)8(7)2/h3-4,11H,5,14H2,1-2H3,(H,15,16). The molecule has 0 saturated heterocycles. The number of nitriles is 1. The van der Waals surface area contributed by atoms with Crippen molar-refractivity contribution >= 4 is 5.97 Å². The molecule has 0 fully saturated rings. The summed E-state index contributed by atoms with van der Waals surface area (Å²) < 4.78 is 0. The molecule has 0 saturated carbocycles. The molecule has 4 heteroatoms. The second-order valence-electron chi connectivity index (χ2n) is 3.83. The molecule has 84 valence electrons. The lowest BCUT2D eigenvalue weighted by molar-refractivity contribution is -0.137. The second-order valence-corrected chi connectivity index (χ2v) is 3.83. The monoisotopic (exact) mass is 218 g/mol. The number of aryl methyl sites for hydroxylation is 1. The van der Waals surface area contributed by atoms with Gasteiger partial charge in [0.1, 0.15) is 0 Å². The van der Waals surface area contributed by atoms with Gasteiger partial charge in [0.25, 0.3) is 0 Å². The van der Waals surface area contributed by atoms with Crippen LogP contribution in [0.2, 0.25) is 0 Å². The highest BCUT2D eigenvalue weighted by molar-refractivity contribution is 5.68. The molecule has 1 aromatic rings. The summed E-state index contributed by atoms with van der Waals surface area (Å²) >= 11 is 0. The highest BCUT2D eigenvalue weighted by Crippen LogP contribution is 2.21. The molecule has 0 spiro atoms. The number of benzene rings is 1. The van der Waals surface area contributed by atoms with Crippen LogP contribution in [0.25, 0.3) is 0 Å². The Bertz CT molecular complexity index is 461. The number of rotatable bonds is 3. The molecule has 0 radical (unpaired) electrons. The van der Waals surface area contributed by atoms with Gasteiger partial charge in [-0.3, -0.25) is 4.79 Å². The predicted octanol–water partition coefficient (Wildman–Crippen LogP) is 1.65. The van der Waals surface area contributed by atoms with E-state index in [-0.39, 0.29) is 6.42 Å². The second kappa shape index (κ2) is 4.77. The number of nitrogens with zero attached hydrogens (tertiary/aromatic N) is 1. The first-order valence-corrected chi connectivity index (χ1v) is 4.94. The quantitative estimate of drug-likeness (QED) is 0.807. The molecule has 1 rings (SSSR count). The number of hydrogen-bond acceptors (Lipinski definition) is 3. The van der Waals surface area contributed by atoms with E-state index in [1.807, 2.05) is 19.9 Å². The van der Waals surface area contributed by atoms with Crippen LogP contribution >= 0.6 is 0 Å². The molecule has 0 heterocycles. The lowest BCUT2D eigenvalue weighted by atomic mass is 9.95. The molecule has 0 aromatic heterocycles. The normalized spacial score (nSPS) is 11.9. The van der Waals surface area contributed by atoms with Crippen LogP contribution in [-0.4, -0.2) is 11.1 Å². The van der Waals surface area contributed by atoms with Crippen molar-refractivity contribution in [3.05, 3.63) is 34.4 Å². The van der Waals surface area contributed by atoms with Gasteiger partial charge in [-0.15, -0.1) is 0 Å². The van der Waals surface area contributed by atoms with Gasteiger partial charge in [-0.25, -0.2) is 0 Å². The summed E-state index contributed by atoms with van der Waals surface area (Å²) in [5.74, 6) is -0.941. The number of nitrogens with two attached hydrogens (primary N) is 1. The third kappa shape index (κ3) is 2.59. The van der Waals surface area contributed by atoms with Crippen LogP contribution in [0.4, 0.5) is 0 Å². The molecule has 3 N–H and O–H groups in total. The molecule has 0 amide bonds. The molecule has 1 aromatic carbocycles. The first-order valence-electron chi connectivity index (χ1n) is 4.94. The van der Waals surface area contributed by atoms with Crippen molar-refractivity contribution in [2.24, 2.45) is 5.73 Å². The third-order valence-electron chi connectivity index (χ3n) is 2.63. The van der Waals surface area contributed by atoms with Crippen LogP contribution < -0.4 is 5.73 Å². The van der Waals surface area contributed by atoms with Crippen molar-refractivity contribution in [1.29, 1.82) is 5.26 Å². The Morgan fingerprint density at radius 1 is 1.56 bits per heavy atom. The van der Waals surface area contributed by atoms with Crippen LogP contribution in [0, 0.1) is 25.2 Å². The fraction of sp³-hybridized carbons (Fsp3) is 0.333. The molecule has 0 aliphatic carbocycles. The van der Waals surface area contributed by atoms with Gasteiger partial charge in [0, 0.05) is 6.04 Å². The molecular weight excluding hydrogens is 204 g/mol. The van der Waals surface area contributed by atoms with Gasteiger partial charge in [0.05, 0.1) is 18.1 Å². The Morgan fingerprint density at radius 2 is 2.19 bits per heavy atom. The van der Waals surface area contributed by atoms with E-state index in [0.29, 0.717) is 11.1 Å². The fourth-order valence-corrected chi connectivity index (χ4v) is 1.52. The highest BCUT2D eigenvalue weighted by Gasteiger charge is 2.13. The van der Waals surface area contributed by atoms with Crippen LogP contribution in [0.15, 0.2) is 12.1 Å². The Labute approximate surface area is 94.3 Å². The Morgan fingerprint density at radius 3 is 2.69 bits per heavy atom. The van der Waals surface area contributed by atoms with E-state index in [4.69, 9.17) is 16.1 Å². The zero-order valence-corrected chi connectivity index (χ0v) is 9.32. The number of carboxylic acid groups (broad SMARTS) is 1. The maximum absolute atomic E-state index is 10.5. The minimum absolute atomic E-state index is 0.132. The Kier molecular flexibility index (Phi) is 3.64. The van der Waals surface area contributed by atoms with Crippen molar-refractivity contribution in [1.82, 2.24) is 0 Å². The summed E-state index contributed by atoms with van der Waals surface area (Å²) in [5.41, 5.74) is 8.86. The lowest BCUT2D eigenvalue weighted by Crippen LogP contribution is -2.15. The lowest BCUT2D eigenvalue weighted by Gasteiger charge is -2.12. The smallest absolute Gasteiger partial charge is 0.305 e. The maximum atomic E-state index is 10.5. The molecular formula is C12H14N2O2. The van der Waals surface area contributed by atoms with E-state index < -0.39 is 12.0 Å². The zero-order chi connectivity index (χ0) is 12.3. The summed E-state index contributed by atoms with van der Waals surface area (Å²) in [6.45, 7) is 3.74. The van der Waals surface area contributed by atoms with Crippen molar-refractivity contribution in [2.75, 3.05) is 0 Å². The summed E-state index contributed by atoms with van der Waals surface area (Å²) in [7, 11) is 0. The Balaban J connectivity index is 3.12. The maximum Gasteiger partial charge on any atom is 0.305 e. The van der Waals surface area contributed by atoms with Crippen LogP contribution in [-0.2, 0) is 4.79 Å². The summed E-state index contributed by atoms with van der Waals surface area (Å²) in [5, 5.41) is 17.6. The number of aliphatic carboxylic acids is 1. The first-order chi connectivity index (χ1) is 7.45. The van der Waals surface area contributed by atoms with Crippen LogP contribution in [0.1, 0.15) is 34.7 Å². The van der Waals surface area contributed by atoms with Gasteiger partial charge >= 0.3 is 5.97 Å². The average Bonchev–Trinajstić information content (AvgIpc) is 2.20. The Hall–Kier alpha value is -1.86. The molecule has 0 bridgehead atoms. The van der Waals surface area contributed by atoms with Crippen molar-refractivity contribution < 1.29 is 9.90 Å². The van der Waals surface area contributed by atoms with Crippen molar-refractivity contribution in [3.8, 4) is 6.07 Å². The van der Waals surface area contributed by atoms with Gasteiger partial charge in [-0.1, -0.05) is 6.07 Å². The summed E-state index contributed by atoms with van der Waals surface area (Å²) in [6, 6.07) is 5.02. The molecule has 1 unspecified atom stereocenters. The average molecular weight is 218 g/mol. The van der Waals surface area contributed by atoms with Gasteiger partial charge < -0.3 is 10.8 Å². The van der Waals surface area contributed by atoms with E-state index in [1.165, 1.54) is 0 Å². The number of carbonyl (C=O) groups is 1. The summed E-state index contributed by atoms with van der Waals surface area (Å²) in [6.07, 6.45) is -0.132. The van der Waals surface area contributed by atoms with Gasteiger partial charge in [-0.2, -0.15) is 5.26 Å². The van der Waals surface area contributed by atoms with E-state index in [0.717, 1.165) is 11.1 Å². The van der Waals surface area contributed by atoms with E-state index in [2.05, 4.69) is 6.07 Å². The fourth-order valence-electron chi connectivity index (χ4n) is 1.52. The molecule has 16 heavy (non-hydrogen) atoms. The van der Waals surface area contributed by atoms with Gasteiger partial charge in [0.15, 0.2) is 0 Å². The molecule has 4 nitrogen and oxygen atoms in total. The number of hydrogen-bond donors (Lipinski definition) is 2. The van der Waals surface area contributed by atoms with E-state index in [1.54, 1.807) is 6.07 Å². The van der Waals surface area contributed by atoms with Gasteiger partial charge in [-0.05, 0) is 36.6 Å². The largest absolute Gasteiger partial charge is 0.481 e. The zero-order valence-electron chi connectivity index (χ0n) is 9.32. The SMILES string of the molecule is Cc1cc(C(N)CC(=O)O)cc(C#N)c1C. The first kappa shape index (κ1) is 12.2. The molecule has 0 aliphatic heterocycles. The van der Waals surface area contributed by atoms with Crippen LogP contribution in [0.5, 0.6) is 0 Å². The van der Waals surface area contributed by atoms with E-state index >= 15 is 0 Å². The predicted molar refractivity (Wildman–Crippen MR) is 59.8 cm³/mol. The van der Waals surface area contributed by atoms with Crippen molar-refractivity contribution in [3.63, 3.8) is 0 Å². The highest BCUT2D eigenvalue weighted by atomic mass is 16.4. The topological polar surface area (TPSA) is 87.1 Å². The van der Waals surface area contributed by atoms with Crippen molar-refractivity contribution in [2.45, 2.75) is 26.3 Å². The molecule has 1 atom stereocenters. The van der Waals surface area contributed by atoms with Gasteiger partial charge in [0.2, 0.25) is 0 Å². The molecule has 0 aliphatic rings. The van der Waals surface area contributed by atoms with Crippen LogP contribution in [0.3, 0.4) is 0 Å². The van der Waals surface area contributed by atoms with E-state index in [9.17, 15) is 4.79 Å². The minimum atomic E-state index is -0.941. The minimum Gasteiger partial charge on any atom is -0.481 e. The number of carboxylic acids is 1. The summed E-state index contributed by atoms with van der Waals surface area (Å²) in [4.78, 5) is 10.5. The third-order valence-corrected chi connectivity index (χ3v) is 2.63.